The van der Waals surface area contributed by atoms with Gasteiger partial charge in [-0.1, -0.05) is 6.07 Å². The van der Waals surface area contributed by atoms with E-state index in [2.05, 4.69) is 5.32 Å². The van der Waals surface area contributed by atoms with Crippen molar-refractivity contribution >= 4 is 21.4 Å². The lowest BCUT2D eigenvalue weighted by Gasteiger charge is -2.09. The van der Waals surface area contributed by atoms with Gasteiger partial charge in [-0.15, -0.1) is 0 Å². The van der Waals surface area contributed by atoms with Gasteiger partial charge in [0.2, 0.25) is 5.91 Å². The van der Waals surface area contributed by atoms with Crippen LogP contribution in [0, 0.1) is 12.8 Å². The largest absolute Gasteiger partial charge is 0.326 e. The van der Waals surface area contributed by atoms with Crippen molar-refractivity contribution in [1.29, 1.82) is 0 Å². The van der Waals surface area contributed by atoms with Crippen LogP contribution in [0.15, 0.2) is 23.1 Å². The summed E-state index contributed by atoms with van der Waals surface area (Å²) in [6.07, 6.45) is 3.01. The van der Waals surface area contributed by atoms with Gasteiger partial charge in [0.25, 0.3) is 0 Å². The maximum Gasteiger partial charge on any atom is 0.227 e. The highest BCUT2D eigenvalue weighted by atomic mass is 32.2. The number of benzene rings is 1. The van der Waals surface area contributed by atoms with Crippen molar-refractivity contribution < 1.29 is 13.2 Å². The van der Waals surface area contributed by atoms with E-state index >= 15 is 0 Å². The molecule has 0 aliphatic heterocycles. The molecule has 0 bridgehead atoms. The lowest BCUT2D eigenvalue weighted by Crippen LogP contribution is -2.14. The predicted octanol–water partition coefficient (Wildman–Crippen LogP) is 1.75. The van der Waals surface area contributed by atoms with Crippen LogP contribution in [-0.4, -0.2) is 20.6 Å². The first kappa shape index (κ1) is 12.1. The zero-order valence-electron chi connectivity index (χ0n) is 9.86. The normalized spacial score (nSPS) is 15.6. The van der Waals surface area contributed by atoms with E-state index < -0.39 is 9.84 Å². The number of anilines is 1. The molecule has 1 N–H and O–H groups in total. The highest BCUT2D eigenvalue weighted by Crippen LogP contribution is 2.31. The SMILES string of the molecule is Cc1ccc(S(C)(=O)=O)cc1NC(=O)C1CC1. The third kappa shape index (κ3) is 2.85. The lowest BCUT2D eigenvalue weighted by molar-refractivity contribution is -0.117. The van der Waals surface area contributed by atoms with Crippen molar-refractivity contribution in [2.24, 2.45) is 5.92 Å². The summed E-state index contributed by atoms with van der Waals surface area (Å²) in [4.78, 5) is 11.9. The summed E-state index contributed by atoms with van der Waals surface area (Å²) in [6.45, 7) is 1.84. The van der Waals surface area contributed by atoms with Crippen LogP contribution in [0.1, 0.15) is 18.4 Å². The van der Waals surface area contributed by atoms with Crippen LogP contribution in [0.2, 0.25) is 0 Å². The summed E-state index contributed by atoms with van der Waals surface area (Å²) < 4.78 is 22.8. The molecule has 0 unspecified atom stereocenters. The fraction of sp³-hybridized carbons (Fsp3) is 0.417. The minimum atomic E-state index is -3.23. The average Bonchev–Trinajstić information content (AvgIpc) is 3.02. The highest BCUT2D eigenvalue weighted by Gasteiger charge is 2.29. The van der Waals surface area contributed by atoms with E-state index in [1.54, 1.807) is 12.1 Å². The van der Waals surface area contributed by atoms with Gasteiger partial charge in [0.1, 0.15) is 0 Å². The van der Waals surface area contributed by atoms with Gasteiger partial charge in [0, 0.05) is 17.9 Å². The van der Waals surface area contributed by atoms with E-state index in [4.69, 9.17) is 0 Å². The van der Waals surface area contributed by atoms with E-state index in [0.717, 1.165) is 24.7 Å². The van der Waals surface area contributed by atoms with Crippen LogP contribution in [0.25, 0.3) is 0 Å². The Morgan fingerprint density at radius 2 is 2.00 bits per heavy atom. The number of aryl methyl sites for hydroxylation is 1. The fourth-order valence-electron chi connectivity index (χ4n) is 1.55. The molecule has 1 amide bonds. The summed E-state index contributed by atoms with van der Waals surface area (Å²) in [5, 5.41) is 2.78. The summed E-state index contributed by atoms with van der Waals surface area (Å²) >= 11 is 0. The molecule has 0 atom stereocenters. The van der Waals surface area contributed by atoms with Gasteiger partial charge in [-0.2, -0.15) is 0 Å². The standard InChI is InChI=1S/C12H15NO3S/c1-8-3-6-10(17(2,15)16)7-11(8)13-12(14)9-4-5-9/h3,6-7,9H,4-5H2,1-2H3,(H,13,14). The van der Waals surface area contributed by atoms with Gasteiger partial charge >= 0.3 is 0 Å². The molecule has 92 valence electrons. The molecule has 1 aliphatic rings. The Morgan fingerprint density at radius 1 is 1.35 bits per heavy atom. The molecule has 2 rings (SSSR count). The Labute approximate surface area is 101 Å². The number of sulfone groups is 1. The molecule has 0 radical (unpaired) electrons. The van der Waals surface area contributed by atoms with Gasteiger partial charge in [-0.05, 0) is 37.5 Å². The van der Waals surface area contributed by atoms with Crippen LogP contribution < -0.4 is 5.32 Å². The third-order valence-electron chi connectivity index (χ3n) is 2.84. The molecular formula is C12H15NO3S. The molecule has 1 saturated carbocycles. The average molecular weight is 253 g/mol. The number of hydrogen-bond acceptors (Lipinski definition) is 3. The topological polar surface area (TPSA) is 63.2 Å². The second-order valence-corrected chi connectivity index (χ2v) is 6.53. The maximum atomic E-state index is 11.6. The molecule has 0 heterocycles. The molecule has 0 aromatic heterocycles. The minimum absolute atomic E-state index is 0.0150. The lowest BCUT2D eigenvalue weighted by atomic mass is 10.2. The summed E-state index contributed by atoms with van der Waals surface area (Å²) in [6, 6.07) is 4.78. The minimum Gasteiger partial charge on any atom is -0.326 e. The van der Waals surface area contributed by atoms with Gasteiger partial charge in [0.05, 0.1) is 4.90 Å². The predicted molar refractivity (Wildman–Crippen MR) is 65.6 cm³/mol. The summed E-state index contributed by atoms with van der Waals surface area (Å²) in [5.41, 5.74) is 1.45. The van der Waals surface area contributed by atoms with Crippen LogP contribution in [-0.2, 0) is 14.6 Å². The fourth-order valence-corrected chi connectivity index (χ4v) is 2.19. The van der Waals surface area contributed by atoms with Crippen LogP contribution in [0.5, 0.6) is 0 Å². The highest BCUT2D eigenvalue weighted by molar-refractivity contribution is 7.90. The van der Waals surface area contributed by atoms with Crippen molar-refractivity contribution in [3.63, 3.8) is 0 Å². The van der Waals surface area contributed by atoms with E-state index in [1.165, 1.54) is 6.07 Å². The number of rotatable bonds is 3. The van der Waals surface area contributed by atoms with Gasteiger partial charge in [0.15, 0.2) is 9.84 Å². The molecule has 1 fully saturated rings. The van der Waals surface area contributed by atoms with Gasteiger partial charge < -0.3 is 5.32 Å². The molecular weight excluding hydrogens is 238 g/mol. The molecule has 0 saturated heterocycles. The Hall–Kier alpha value is -1.36. The quantitative estimate of drug-likeness (QED) is 0.892. The van der Waals surface area contributed by atoms with E-state index in [0.29, 0.717) is 5.69 Å². The van der Waals surface area contributed by atoms with E-state index in [9.17, 15) is 13.2 Å². The molecule has 1 aromatic carbocycles. The molecule has 0 spiro atoms. The number of nitrogens with one attached hydrogen (secondary N) is 1. The zero-order chi connectivity index (χ0) is 12.6. The van der Waals surface area contributed by atoms with Crippen molar-refractivity contribution in [2.75, 3.05) is 11.6 Å². The second-order valence-electron chi connectivity index (χ2n) is 4.51. The molecule has 17 heavy (non-hydrogen) atoms. The maximum absolute atomic E-state index is 11.6. The summed E-state index contributed by atoms with van der Waals surface area (Å²) in [7, 11) is -3.23. The van der Waals surface area contributed by atoms with E-state index in [-0.39, 0.29) is 16.7 Å². The van der Waals surface area contributed by atoms with Crippen molar-refractivity contribution in [3.05, 3.63) is 23.8 Å². The van der Waals surface area contributed by atoms with Crippen LogP contribution in [0.4, 0.5) is 5.69 Å². The number of hydrogen-bond donors (Lipinski definition) is 1. The number of carbonyl (C=O) groups excluding carboxylic acids is 1. The smallest absolute Gasteiger partial charge is 0.227 e. The second kappa shape index (κ2) is 4.14. The number of amides is 1. The van der Waals surface area contributed by atoms with Gasteiger partial charge in [-0.3, -0.25) is 4.79 Å². The first-order valence-corrected chi connectivity index (χ1v) is 7.38. The van der Waals surface area contributed by atoms with Crippen molar-refractivity contribution in [2.45, 2.75) is 24.7 Å². The van der Waals surface area contributed by atoms with Crippen LogP contribution in [0.3, 0.4) is 0 Å². The third-order valence-corrected chi connectivity index (χ3v) is 3.95. The Kier molecular flexibility index (Phi) is 2.95. The zero-order valence-corrected chi connectivity index (χ0v) is 10.7. The molecule has 5 heteroatoms. The van der Waals surface area contributed by atoms with Crippen LogP contribution >= 0.6 is 0 Å². The monoisotopic (exact) mass is 253 g/mol. The first-order valence-electron chi connectivity index (χ1n) is 5.49. The summed E-state index contributed by atoms with van der Waals surface area (Å²) in [5.74, 6) is 0.0926. The number of carbonyl (C=O) groups is 1. The Bertz CT molecular complexity index is 559. The van der Waals surface area contributed by atoms with Gasteiger partial charge in [-0.25, -0.2) is 8.42 Å². The molecule has 4 nitrogen and oxygen atoms in total. The molecule has 1 aliphatic carbocycles. The van der Waals surface area contributed by atoms with E-state index in [1.807, 2.05) is 6.92 Å². The van der Waals surface area contributed by atoms with Crippen molar-refractivity contribution in [1.82, 2.24) is 0 Å². The molecule has 1 aromatic rings. The Balaban J connectivity index is 2.29. The first-order chi connectivity index (χ1) is 7.88. The Morgan fingerprint density at radius 3 is 2.53 bits per heavy atom. The van der Waals surface area contributed by atoms with Crippen molar-refractivity contribution in [3.8, 4) is 0 Å².